The Balaban J connectivity index is 3.44. The fraction of sp³-hybridized carbons (Fsp3) is 1.00. The lowest BCUT2D eigenvalue weighted by molar-refractivity contribution is -0.202. The van der Waals surface area contributed by atoms with Crippen molar-refractivity contribution in [1.29, 1.82) is 0 Å². The SMILES string of the molecule is O=[P+]([O-])OC(O)CO[P+](=O)O. The van der Waals surface area contributed by atoms with Gasteiger partial charge in [0.05, 0.1) is 0 Å². The van der Waals surface area contributed by atoms with E-state index >= 15 is 0 Å². The van der Waals surface area contributed by atoms with Crippen LogP contribution < -0.4 is 4.89 Å². The molecule has 2 N–H and O–H groups in total. The van der Waals surface area contributed by atoms with E-state index in [0.717, 1.165) is 0 Å². The van der Waals surface area contributed by atoms with Gasteiger partial charge in [0.2, 0.25) is 6.29 Å². The van der Waals surface area contributed by atoms with E-state index in [1.165, 1.54) is 0 Å². The van der Waals surface area contributed by atoms with Gasteiger partial charge in [0.25, 0.3) is 0 Å². The van der Waals surface area contributed by atoms with E-state index in [-0.39, 0.29) is 0 Å². The van der Waals surface area contributed by atoms with Crippen LogP contribution in [0.25, 0.3) is 0 Å². The maximum atomic E-state index is 9.80. The summed E-state index contributed by atoms with van der Waals surface area (Å²) in [6.45, 7) is -0.672. The highest BCUT2D eigenvalue weighted by atomic mass is 31.1. The quantitative estimate of drug-likeness (QED) is 0.434. The van der Waals surface area contributed by atoms with Crippen molar-refractivity contribution in [2.45, 2.75) is 6.29 Å². The number of aliphatic hydroxyl groups is 1. The smallest absolute Gasteiger partial charge is 0.566 e. The second-order valence-electron chi connectivity index (χ2n) is 1.32. The third kappa shape index (κ3) is 7.90. The molecule has 11 heavy (non-hydrogen) atoms. The second kappa shape index (κ2) is 5.62. The summed E-state index contributed by atoms with van der Waals surface area (Å²) < 4.78 is 27.2. The standard InChI is InChI=1S/C2H4O7P2/c3-2(9-11(6)7)1-8-10(4)5/h2-3H,1H2/p+1. The van der Waals surface area contributed by atoms with Crippen LogP contribution in [0.3, 0.4) is 0 Å². The van der Waals surface area contributed by atoms with Crippen LogP contribution in [0.2, 0.25) is 0 Å². The van der Waals surface area contributed by atoms with E-state index in [0.29, 0.717) is 0 Å². The highest BCUT2D eigenvalue weighted by Gasteiger charge is 2.20. The van der Waals surface area contributed by atoms with Crippen molar-refractivity contribution in [3.63, 3.8) is 0 Å². The van der Waals surface area contributed by atoms with Crippen molar-refractivity contribution in [2.75, 3.05) is 6.61 Å². The molecule has 0 aromatic carbocycles. The van der Waals surface area contributed by atoms with E-state index in [2.05, 4.69) is 9.05 Å². The van der Waals surface area contributed by atoms with Crippen LogP contribution in [-0.4, -0.2) is 22.9 Å². The van der Waals surface area contributed by atoms with Gasteiger partial charge in [-0.3, -0.25) is 0 Å². The molecule has 0 amide bonds. The van der Waals surface area contributed by atoms with Gasteiger partial charge in [-0.15, -0.1) is 13.9 Å². The van der Waals surface area contributed by atoms with Gasteiger partial charge in [-0.2, -0.15) is 0 Å². The molecule has 0 aromatic rings. The lowest BCUT2D eigenvalue weighted by atomic mass is 10.7. The van der Waals surface area contributed by atoms with Crippen molar-refractivity contribution in [2.24, 2.45) is 0 Å². The highest BCUT2D eigenvalue weighted by molar-refractivity contribution is 7.32. The second-order valence-corrected chi connectivity index (χ2v) is 2.71. The summed E-state index contributed by atoms with van der Waals surface area (Å²) in [5.74, 6) is 0. The van der Waals surface area contributed by atoms with Crippen LogP contribution in [0.4, 0.5) is 0 Å². The fourth-order valence-electron chi connectivity index (χ4n) is 0.257. The maximum absolute atomic E-state index is 9.80. The molecule has 0 bridgehead atoms. The van der Waals surface area contributed by atoms with E-state index in [4.69, 9.17) is 10.00 Å². The van der Waals surface area contributed by atoms with Gasteiger partial charge in [-0.25, -0.2) is 0 Å². The van der Waals surface area contributed by atoms with Crippen LogP contribution in [-0.2, 0) is 18.2 Å². The average Bonchev–Trinajstić information content (AvgIpc) is 1.82. The summed E-state index contributed by atoms with van der Waals surface area (Å²) in [5, 5.41) is 8.50. The predicted octanol–water partition coefficient (Wildman–Crippen LogP) is -0.995. The van der Waals surface area contributed by atoms with Crippen LogP contribution in [0, 0.1) is 0 Å². The van der Waals surface area contributed by atoms with E-state index in [1.54, 1.807) is 0 Å². The van der Waals surface area contributed by atoms with Gasteiger partial charge in [0, 0.05) is 4.57 Å². The molecule has 0 heterocycles. The summed E-state index contributed by atoms with van der Waals surface area (Å²) in [6.07, 6.45) is -1.73. The number of hydrogen-bond donors (Lipinski definition) is 2. The topological polar surface area (TPSA) is 116 Å². The first-order valence-corrected chi connectivity index (χ1v) is 4.53. The molecule has 9 heteroatoms. The molecule has 7 nitrogen and oxygen atoms in total. The first-order chi connectivity index (χ1) is 5.02. The van der Waals surface area contributed by atoms with Gasteiger partial charge in [-0.1, -0.05) is 0 Å². The minimum atomic E-state index is -3.18. The van der Waals surface area contributed by atoms with Gasteiger partial charge < -0.3 is 10.00 Å². The van der Waals surface area contributed by atoms with Crippen molar-refractivity contribution < 1.29 is 33.1 Å². The Labute approximate surface area is 63.5 Å². The summed E-state index contributed by atoms with van der Waals surface area (Å²) in [4.78, 5) is 17.7. The van der Waals surface area contributed by atoms with Crippen molar-refractivity contribution >= 4 is 16.5 Å². The molecule has 0 aliphatic heterocycles. The molecule has 0 spiro atoms. The van der Waals surface area contributed by atoms with Crippen molar-refractivity contribution in [3.8, 4) is 0 Å². The molecule has 0 aromatic heterocycles. The molecule has 0 saturated carbocycles. The Bertz CT molecular complexity index is 157. The zero-order valence-corrected chi connectivity index (χ0v) is 6.90. The summed E-state index contributed by atoms with van der Waals surface area (Å²) in [6, 6.07) is 0. The summed E-state index contributed by atoms with van der Waals surface area (Å²) >= 11 is 0. The molecular formula is C2H5O7P2+. The molecule has 0 rings (SSSR count). The van der Waals surface area contributed by atoms with Gasteiger partial charge in [-0.05, 0) is 4.57 Å². The molecule has 64 valence electrons. The number of aliphatic hydroxyl groups excluding tert-OH is 1. The Morgan fingerprint density at radius 1 is 1.55 bits per heavy atom. The zero-order chi connectivity index (χ0) is 8.85. The van der Waals surface area contributed by atoms with E-state index in [9.17, 15) is 14.0 Å². The van der Waals surface area contributed by atoms with Gasteiger partial charge >= 0.3 is 16.5 Å². The molecule has 3 atom stereocenters. The Morgan fingerprint density at radius 3 is 2.45 bits per heavy atom. The Morgan fingerprint density at radius 2 is 2.09 bits per heavy atom. The molecule has 0 aliphatic carbocycles. The maximum Gasteiger partial charge on any atom is 0.694 e. The predicted molar refractivity (Wildman–Crippen MR) is 30.5 cm³/mol. The number of rotatable bonds is 5. The molecular weight excluding hydrogens is 198 g/mol. The van der Waals surface area contributed by atoms with E-state index in [1.807, 2.05) is 0 Å². The average molecular weight is 203 g/mol. The first kappa shape index (κ1) is 11.0. The van der Waals surface area contributed by atoms with Gasteiger partial charge in [0.15, 0.2) is 6.61 Å². The van der Waals surface area contributed by atoms with E-state index < -0.39 is 29.4 Å². The zero-order valence-electron chi connectivity index (χ0n) is 5.11. The Hall–Kier alpha value is -0.0000000000000000486. The number of hydrogen-bond acceptors (Lipinski definition) is 6. The summed E-state index contributed by atoms with van der Waals surface area (Å²) in [5.41, 5.74) is 0. The summed E-state index contributed by atoms with van der Waals surface area (Å²) in [7, 11) is -6.02. The third-order valence-corrected chi connectivity index (χ3v) is 1.32. The first-order valence-electron chi connectivity index (χ1n) is 2.30. The highest BCUT2D eigenvalue weighted by Crippen LogP contribution is 2.17. The Kier molecular flexibility index (Phi) is 5.62. The minimum absolute atomic E-state index is 0.672. The van der Waals surface area contributed by atoms with Crippen molar-refractivity contribution in [1.82, 2.24) is 0 Å². The molecule has 0 saturated heterocycles. The molecule has 0 radical (unpaired) electrons. The molecule has 3 unspecified atom stereocenters. The van der Waals surface area contributed by atoms with Gasteiger partial charge in [0.1, 0.15) is 0 Å². The van der Waals surface area contributed by atoms with Crippen LogP contribution in [0.5, 0.6) is 0 Å². The molecule has 0 aliphatic rings. The lowest BCUT2D eigenvalue weighted by Gasteiger charge is -1.96. The van der Waals surface area contributed by atoms with Crippen LogP contribution in [0.15, 0.2) is 0 Å². The van der Waals surface area contributed by atoms with Crippen molar-refractivity contribution in [3.05, 3.63) is 0 Å². The third-order valence-electron chi connectivity index (χ3n) is 0.535. The largest absolute Gasteiger partial charge is 0.694 e. The van der Waals surface area contributed by atoms with Crippen LogP contribution in [0.1, 0.15) is 0 Å². The fourth-order valence-corrected chi connectivity index (χ4v) is 0.772. The van der Waals surface area contributed by atoms with Crippen LogP contribution >= 0.6 is 16.5 Å². The molecule has 0 fully saturated rings. The normalized spacial score (nSPS) is 15.9. The monoisotopic (exact) mass is 203 g/mol. The lowest BCUT2D eigenvalue weighted by Crippen LogP contribution is -2.15. The minimum Gasteiger partial charge on any atom is -0.566 e.